The Kier molecular flexibility index (Phi) is 3.77. The van der Waals surface area contributed by atoms with Crippen LogP contribution in [0.2, 0.25) is 0 Å². The van der Waals surface area contributed by atoms with Crippen LogP contribution in [0.15, 0.2) is 69.1 Å². The van der Waals surface area contributed by atoms with Crippen LogP contribution < -0.4 is 0 Å². The average molecular weight is 393 g/mol. The van der Waals surface area contributed by atoms with Crippen molar-refractivity contribution in [3.05, 3.63) is 87.1 Å². The summed E-state index contributed by atoms with van der Waals surface area (Å²) in [7, 11) is 0. The molecule has 0 radical (unpaired) electrons. The van der Waals surface area contributed by atoms with Crippen molar-refractivity contribution in [3.8, 4) is 11.3 Å². The molecule has 1 heterocycles. The van der Waals surface area contributed by atoms with Crippen LogP contribution in [0.4, 0.5) is 0 Å². The summed E-state index contributed by atoms with van der Waals surface area (Å²) in [6.45, 7) is 2.01. The summed E-state index contributed by atoms with van der Waals surface area (Å²) >= 11 is 3.51. The lowest BCUT2D eigenvalue weighted by molar-refractivity contribution is 0.0990. The first-order valence-electron chi connectivity index (χ1n) is 7.81. The zero-order valence-corrected chi connectivity index (χ0v) is 15.0. The summed E-state index contributed by atoms with van der Waals surface area (Å²) in [6.07, 6.45) is 1.53. The van der Waals surface area contributed by atoms with Crippen molar-refractivity contribution in [2.24, 2.45) is 0 Å². The summed E-state index contributed by atoms with van der Waals surface area (Å²) < 4.78 is 6.82. The van der Waals surface area contributed by atoms with Gasteiger partial charge in [0.25, 0.3) is 0 Å². The maximum Gasteiger partial charge on any atom is 0.197 e. The predicted molar refractivity (Wildman–Crippen MR) is 99.7 cm³/mol. The molecule has 4 heteroatoms. The number of hydrogen-bond donors (Lipinski definition) is 0. The largest absolute Gasteiger partial charge is 0.457 e. The Morgan fingerprint density at radius 2 is 1.60 bits per heavy atom. The van der Waals surface area contributed by atoms with Crippen LogP contribution in [0.1, 0.15) is 32.0 Å². The highest BCUT2D eigenvalue weighted by Crippen LogP contribution is 2.30. The lowest BCUT2D eigenvalue weighted by Crippen LogP contribution is -1.99. The molecule has 0 saturated carbocycles. The molecule has 1 aliphatic rings. The third-order valence-electron chi connectivity index (χ3n) is 4.28. The quantitative estimate of drug-likeness (QED) is 0.428. The minimum atomic E-state index is -0.253. The molecule has 0 bridgehead atoms. The smallest absolute Gasteiger partial charge is 0.197 e. The van der Waals surface area contributed by atoms with E-state index in [2.05, 4.69) is 15.9 Å². The monoisotopic (exact) mass is 392 g/mol. The van der Waals surface area contributed by atoms with Crippen molar-refractivity contribution in [1.29, 1.82) is 0 Å². The SMILES string of the molecule is Cc1ccc(-c2ccc(C=C3C(=O)c4ccccc4C3=O)o2)cc1Br. The molecule has 0 amide bonds. The van der Waals surface area contributed by atoms with E-state index in [1.165, 1.54) is 6.08 Å². The highest BCUT2D eigenvalue weighted by Gasteiger charge is 2.32. The predicted octanol–water partition coefficient (Wildman–Crippen LogP) is 5.48. The average Bonchev–Trinajstić information content (AvgIpc) is 3.17. The maximum absolute atomic E-state index is 12.4. The van der Waals surface area contributed by atoms with Gasteiger partial charge in [0.2, 0.25) is 0 Å². The fraction of sp³-hybridized carbons (Fsp3) is 0.0476. The molecule has 0 aliphatic heterocycles. The number of Topliss-reactive ketones (excluding diaryl/α,β-unsaturated/α-hetero) is 2. The summed E-state index contributed by atoms with van der Waals surface area (Å²) in [5.41, 5.74) is 3.11. The minimum Gasteiger partial charge on any atom is -0.457 e. The summed E-state index contributed by atoms with van der Waals surface area (Å²) in [5, 5.41) is 0. The molecule has 0 spiro atoms. The Morgan fingerprint density at radius 1 is 0.920 bits per heavy atom. The van der Waals surface area contributed by atoms with E-state index in [9.17, 15) is 9.59 Å². The molecule has 0 saturated heterocycles. The summed E-state index contributed by atoms with van der Waals surface area (Å²) in [6, 6.07) is 16.4. The second kappa shape index (κ2) is 5.97. The molecule has 0 fully saturated rings. The molecular weight excluding hydrogens is 380 g/mol. The van der Waals surface area contributed by atoms with Gasteiger partial charge >= 0.3 is 0 Å². The van der Waals surface area contributed by atoms with Crippen LogP contribution in [0, 0.1) is 6.92 Å². The molecule has 1 aromatic heterocycles. The second-order valence-electron chi connectivity index (χ2n) is 5.93. The Hall–Kier alpha value is -2.72. The van der Waals surface area contributed by atoms with Crippen molar-refractivity contribution >= 4 is 33.6 Å². The van der Waals surface area contributed by atoms with E-state index in [0.717, 1.165) is 15.6 Å². The van der Waals surface area contributed by atoms with Crippen LogP contribution in [0.25, 0.3) is 17.4 Å². The Bertz CT molecular complexity index is 1020. The molecule has 25 heavy (non-hydrogen) atoms. The number of fused-ring (bicyclic) bond motifs is 1. The van der Waals surface area contributed by atoms with Gasteiger partial charge in [-0.1, -0.05) is 52.3 Å². The van der Waals surface area contributed by atoms with Crippen LogP contribution in [-0.2, 0) is 0 Å². The van der Waals surface area contributed by atoms with E-state index in [1.807, 2.05) is 31.2 Å². The zero-order valence-electron chi connectivity index (χ0n) is 13.4. The van der Waals surface area contributed by atoms with Gasteiger partial charge in [0.15, 0.2) is 11.6 Å². The standard InChI is InChI=1S/C21H13BrO3/c1-12-6-7-13(10-18(12)22)19-9-8-14(25-19)11-17-20(23)15-4-2-3-5-16(15)21(17)24/h2-11H,1H3. The van der Waals surface area contributed by atoms with Gasteiger partial charge in [-0.05, 0) is 36.8 Å². The van der Waals surface area contributed by atoms with Crippen LogP contribution in [-0.4, -0.2) is 11.6 Å². The Labute approximate surface area is 153 Å². The fourth-order valence-corrected chi connectivity index (χ4v) is 3.26. The fourth-order valence-electron chi connectivity index (χ4n) is 2.88. The van der Waals surface area contributed by atoms with E-state index in [-0.39, 0.29) is 17.1 Å². The van der Waals surface area contributed by atoms with Crippen LogP contribution in [0.5, 0.6) is 0 Å². The maximum atomic E-state index is 12.4. The molecule has 122 valence electrons. The number of aryl methyl sites for hydroxylation is 1. The van der Waals surface area contributed by atoms with Crippen LogP contribution in [0.3, 0.4) is 0 Å². The van der Waals surface area contributed by atoms with E-state index < -0.39 is 0 Å². The van der Waals surface area contributed by atoms with Crippen molar-refractivity contribution in [3.63, 3.8) is 0 Å². The van der Waals surface area contributed by atoms with Crippen LogP contribution >= 0.6 is 15.9 Å². The number of allylic oxidation sites excluding steroid dienone is 1. The number of halogens is 1. The lowest BCUT2D eigenvalue weighted by Gasteiger charge is -2.01. The van der Waals surface area contributed by atoms with E-state index in [1.54, 1.807) is 30.3 Å². The van der Waals surface area contributed by atoms with Gasteiger partial charge in [-0.2, -0.15) is 0 Å². The van der Waals surface area contributed by atoms with Gasteiger partial charge in [0.1, 0.15) is 11.5 Å². The summed E-state index contributed by atoms with van der Waals surface area (Å²) in [4.78, 5) is 24.9. The number of furan rings is 1. The van der Waals surface area contributed by atoms with Crippen molar-refractivity contribution in [2.45, 2.75) is 6.92 Å². The molecule has 0 N–H and O–H groups in total. The molecule has 1 aliphatic carbocycles. The van der Waals surface area contributed by atoms with E-state index >= 15 is 0 Å². The molecule has 0 unspecified atom stereocenters. The first kappa shape index (κ1) is 15.8. The number of hydrogen-bond acceptors (Lipinski definition) is 3. The number of ketones is 2. The van der Waals surface area contributed by atoms with E-state index in [4.69, 9.17) is 4.42 Å². The molecule has 0 atom stereocenters. The lowest BCUT2D eigenvalue weighted by atomic mass is 10.1. The topological polar surface area (TPSA) is 47.3 Å². The van der Waals surface area contributed by atoms with Gasteiger partial charge in [0.05, 0.1) is 5.57 Å². The number of carbonyl (C=O) groups is 2. The first-order chi connectivity index (χ1) is 12.0. The normalized spacial score (nSPS) is 13.3. The highest BCUT2D eigenvalue weighted by atomic mass is 79.9. The van der Waals surface area contributed by atoms with Gasteiger partial charge < -0.3 is 4.42 Å². The number of carbonyl (C=O) groups excluding carboxylic acids is 2. The Morgan fingerprint density at radius 3 is 2.24 bits per heavy atom. The highest BCUT2D eigenvalue weighted by molar-refractivity contribution is 9.10. The third kappa shape index (κ3) is 2.68. The van der Waals surface area contributed by atoms with Gasteiger partial charge in [-0.25, -0.2) is 0 Å². The molecule has 2 aromatic carbocycles. The Balaban J connectivity index is 1.70. The second-order valence-corrected chi connectivity index (χ2v) is 6.78. The zero-order chi connectivity index (χ0) is 17.6. The molecular formula is C21H13BrO3. The third-order valence-corrected chi connectivity index (χ3v) is 5.13. The first-order valence-corrected chi connectivity index (χ1v) is 8.60. The van der Waals surface area contributed by atoms with Crippen molar-refractivity contribution in [1.82, 2.24) is 0 Å². The minimum absolute atomic E-state index is 0.146. The number of benzene rings is 2. The summed E-state index contributed by atoms with van der Waals surface area (Å²) in [5.74, 6) is 0.660. The van der Waals surface area contributed by atoms with Crippen molar-refractivity contribution < 1.29 is 14.0 Å². The van der Waals surface area contributed by atoms with Gasteiger partial charge in [-0.3, -0.25) is 9.59 Å². The van der Waals surface area contributed by atoms with Gasteiger partial charge in [-0.15, -0.1) is 0 Å². The van der Waals surface area contributed by atoms with Gasteiger partial charge in [0, 0.05) is 21.2 Å². The molecule has 3 aromatic rings. The molecule has 4 rings (SSSR count). The van der Waals surface area contributed by atoms with Crippen molar-refractivity contribution in [2.75, 3.05) is 0 Å². The number of rotatable bonds is 2. The molecule has 3 nitrogen and oxygen atoms in total. The van der Waals surface area contributed by atoms with E-state index in [0.29, 0.717) is 22.6 Å².